The number of methoxy groups -OCH3 is 1. The molecule has 0 spiro atoms. The Morgan fingerprint density at radius 1 is 0.897 bits per heavy atom. The van der Waals surface area contributed by atoms with E-state index in [2.05, 4.69) is 90.7 Å². The van der Waals surface area contributed by atoms with E-state index in [1.54, 1.807) is 7.11 Å². The highest BCUT2D eigenvalue weighted by Gasteiger charge is 2.15. The van der Waals surface area contributed by atoms with Gasteiger partial charge in [-0.15, -0.1) is 11.6 Å². The van der Waals surface area contributed by atoms with E-state index in [9.17, 15) is 0 Å². The van der Waals surface area contributed by atoms with Crippen LogP contribution in [0.4, 0.5) is 0 Å². The van der Waals surface area contributed by atoms with Gasteiger partial charge < -0.3 is 4.74 Å². The van der Waals surface area contributed by atoms with E-state index < -0.39 is 0 Å². The maximum Gasteiger partial charge on any atom is 0.118 e. The first-order valence-electron chi connectivity index (χ1n) is 9.98. The fourth-order valence-electron chi connectivity index (χ4n) is 3.49. The van der Waals surface area contributed by atoms with Crippen molar-refractivity contribution >= 4 is 17.2 Å². The molecule has 0 heterocycles. The molecule has 3 rings (SSSR count). The first-order chi connectivity index (χ1) is 14.2. The van der Waals surface area contributed by atoms with Gasteiger partial charge in [0.15, 0.2) is 0 Å². The van der Waals surface area contributed by atoms with Crippen molar-refractivity contribution in [3.63, 3.8) is 0 Å². The predicted molar refractivity (Wildman–Crippen MR) is 124 cm³/mol. The van der Waals surface area contributed by atoms with Gasteiger partial charge in [-0.25, -0.2) is 0 Å². The summed E-state index contributed by atoms with van der Waals surface area (Å²) < 4.78 is 5.29. The van der Waals surface area contributed by atoms with E-state index >= 15 is 0 Å². The SMILES string of the molecule is COc1ccc([C@@H](C)N(CC=C(c2ccccc2)c2ccccc2)CCCl)cc1. The summed E-state index contributed by atoms with van der Waals surface area (Å²) in [4.78, 5) is 2.40. The summed E-state index contributed by atoms with van der Waals surface area (Å²) in [7, 11) is 1.69. The number of halogens is 1. The molecule has 3 aromatic rings. The van der Waals surface area contributed by atoms with Gasteiger partial charge in [0.1, 0.15) is 5.75 Å². The van der Waals surface area contributed by atoms with Crippen LogP contribution in [0.15, 0.2) is 91.0 Å². The summed E-state index contributed by atoms with van der Waals surface area (Å²) in [5.41, 5.74) is 4.95. The highest BCUT2D eigenvalue weighted by atomic mass is 35.5. The van der Waals surface area contributed by atoms with Gasteiger partial charge in [-0.3, -0.25) is 4.90 Å². The lowest BCUT2D eigenvalue weighted by molar-refractivity contribution is 0.248. The molecule has 0 aliphatic heterocycles. The molecule has 0 N–H and O–H groups in total. The average Bonchev–Trinajstić information content (AvgIpc) is 2.79. The Morgan fingerprint density at radius 3 is 1.93 bits per heavy atom. The maximum atomic E-state index is 6.14. The fourth-order valence-corrected chi connectivity index (χ4v) is 3.71. The van der Waals surface area contributed by atoms with Crippen LogP contribution in [0.25, 0.3) is 5.57 Å². The van der Waals surface area contributed by atoms with Crippen molar-refractivity contribution in [1.29, 1.82) is 0 Å². The van der Waals surface area contributed by atoms with E-state index in [1.165, 1.54) is 22.3 Å². The zero-order chi connectivity index (χ0) is 20.5. The second-order valence-corrected chi connectivity index (χ2v) is 7.36. The quantitative estimate of drug-likeness (QED) is 0.380. The molecule has 0 saturated carbocycles. The lowest BCUT2D eigenvalue weighted by Gasteiger charge is -2.28. The first kappa shape index (κ1) is 21.2. The van der Waals surface area contributed by atoms with Crippen LogP contribution in [-0.2, 0) is 0 Å². The first-order valence-corrected chi connectivity index (χ1v) is 10.5. The van der Waals surface area contributed by atoms with Gasteiger partial charge in [0.2, 0.25) is 0 Å². The van der Waals surface area contributed by atoms with Gasteiger partial charge >= 0.3 is 0 Å². The van der Waals surface area contributed by atoms with E-state index in [4.69, 9.17) is 16.3 Å². The molecule has 0 aliphatic rings. The molecule has 0 bridgehead atoms. The minimum absolute atomic E-state index is 0.253. The van der Waals surface area contributed by atoms with Gasteiger partial charge in [0.05, 0.1) is 7.11 Å². The standard InChI is InChI=1S/C26H28ClNO/c1-21(22-13-15-25(29-2)16-14-22)28(20-18-27)19-17-26(23-9-5-3-6-10-23)24-11-7-4-8-12-24/h3-17,21H,18-20H2,1-2H3/t21-/m1/s1. The molecule has 0 amide bonds. The molecule has 2 nitrogen and oxygen atoms in total. The third-order valence-electron chi connectivity index (χ3n) is 5.22. The van der Waals surface area contributed by atoms with Crippen molar-refractivity contribution in [2.24, 2.45) is 0 Å². The van der Waals surface area contributed by atoms with E-state index in [0.717, 1.165) is 18.8 Å². The fraction of sp³-hybridized carbons (Fsp3) is 0.231. The van der Waals surface area contributed by atoms with Crippen molar-refractivity contribution in [3.05, 3.63) is 108 Å². The number of benzene rings is 3. The minimum Gasteiger partial charge on any atom is -0.497 e. The van der Waals surface area contributed by atoms with Crippen molar-refractivity contribution in [1.82, 2.24) is 4.90 Å². The number of hydrogen-bond donors (Lipinski definition) is 0. The number of hydrogen-bond acceptors (Lipinski definition) is 2. The van der Waals surface area contributed by atoms with Gasteiger partial charge in [-0.05, 0) is 41.3 Å². The lowest BCUT2D eigenvalue weighted by atomic mass is 9.97. The second-order valence-electron chi connectivity index (χ2n) is 6.98. The zero-order valence-corrected chi connectivity index (χ0v) is 17.8. The average molecular weight is 406 g/mol. The number of ether oxygens (including phenoxy) is 1. The minimum atomic E-state index is 0.253. The van der Waals surface area contributed by atoms with Gasteiger partial charge in [0.25, 0.3) is 0 Å². The Morgan fingerprint density at radius 2 is 1.45 bits per heavy atom. The molecule has 0 saturated heterocycles. The van der Waals surface area contributed by atoms with E-state index in [1.807, 2.05) is 12.1 Å². The van der Waals surface area contributed by atoms with Crippen molar-refractivity contribution < 1.29 is 4.74 Å². The summed E-state index contributed by atoms with van der Waals surface area (Å²) in [6, 6.07) is 29.6. The molecule has 3 heteroatoms. The number of alkyl halides is 1. The molecular weight excluding hydrogens is 378 g/mol. The monoisotopic (exact) mass is 405 g/mol. The summed E-state index contributed by atoms with van der Waals surface area (Å²) >= 11 is 6.14. The van der Waals surface area contributed by atoms with Gasteiger partial charge in [0, 0.05) is 25.0 Å². The Bertz CT molecular complexity index is 850. The third-order valence-corrected chi connectivity index (χ3v) is 5.39. The Kier molecular flexibility index (Phi) is 7.92. The van der Waals surface area contributed by atoms with Crippen LogP contribution < -0.4 is 4.74 Å². The normalized spacial score (nSPS) is 11.9. The largest absolute Gasteiger partial charge is 0.497 e. The second kappa shape index (κ2) is 10.8. The van der Waals surface area contributed by atoms with Crippen molar-refractivity contribution in [2.45, 2.75) is 13.0 Å². The molecule has 0 aliphatic carbocycles. The topological polar surface area (TPSA) is 12.5 Å². The molecule has 0 radical (unpaired) electrons. The summed E-state index contributed by atoms with van der Waals surface area (Å²) in [5, 5.41) is 0. The summed E-state index contributed by atoms with van der Waals surface area (Å²) in [6.07, 6.45) is 2.32. The molecule has 0 unspecified atom stereocenters. The summed E-state index contributed by atoms with van der Waals surface area (Å²) in [5.74, 6) is 1.47. The van der Waals surface area contributed by atoms with Crippen LogP contribution in [0.3, 0.4) is 0 Å². The van der Waals surface area contributed by atoms with Crippen LogP contribution in [0, 0.1) is 0 Å². The highest BCUT2D eigenvalue weighted by Crippen LogP contribution is 2.26. The van der Waals surface area contributed by atoms with E-state index in [-0.39, 0.29) is 6.04 Å². The zero-order valence-electron chi connectivity index (χ0n) is 17.1. The number of nitrogens with zero attached hydrogens (tertiary/aromatic N) is 1. The molecular formula is C26H28ClNO. The van der Waals surface area contributed by atoms with Crippen LogP contribution in [-0.4, -0.2) is 31.0 Å². The Hall–Kier alpha value is -2.55. The third kappa shape index (κ3) is 5.72. The molecule has 150 valence electrons. The Balaban J connectivity index is 1.87. The Labute approximate surface area is 179 Å². The highest BCUT2D eigenvalue weighted by molar-refractivity contribution is 6.18. The van der Waals surface area contributed by atoms with Crippen LogP contribution in [0.5, 0.6) is 5.75 Å². The smallest absolute Gasteiger partial charge is 0.118 e. The van der Waals surface area contributed by atoms with Crippen LogP contribution in [0.2, 0.25) is 0 Å². The van der Waals surface area contributed by atoms with Gasteiger partial charge in [-0.1, -0.05) is 78.9 Å². The lowest BCUT2D eigenvalue weighted by Crippen LogP contribution is -2.29. The van der Waals surface area contributed by atoms with Crippen LogP contribution in [0.1, 0.15) is 29.7 Å². The molecule has 0 aromatic heterocycles. The van der Waals surface area contributed by atoms with Crippen molar-refractivity contribution in [3.8, 4) is 5.75 Å². The molecule has 29 heavy (non-hydrogen) atoms. The maximum absolute atomic E-state index is 6.14. The van der Waals surface area contributed by atoms with E-state index in [0.29, 0.717) is 5.88 Å². The van der Waals surface area contributed by atoms with Crippen LogP contribution >= 0.6 is 11.6 Å². The van der Waals surface area contributed by atoms with Crippen molar-refractivity contribution in [2.75, 3.05) is 26.1 Å². The van der Waals surface area contributed by atoms with Gasteiger partial charge in [-0.2, -0.15) is 0 Å². The summed E-state index contributed by atoms with van der Waals surface area (Å²) in [6.45, 7) is 3.87. The molecule has 3 aromatic carbocycles. The molecule has 1 atom stereocenters. The number of rotatable bonds is 9. The molecule has 0 fully saturated rings. The predicted octanol–water partition coefficient (Wildman–Crippen LogP) is 6.43.